The first-order valence-electron chi connectivity index (χ1n) is 4.39. The van der Waals surface area contributed by atoms with E-state index in [2.05, 4.69) is 0 Å². The van der Waals surface area contributed by atoms with E-state index in [0.717, 1.165) is 0 Å². The summed E-state index contributed by atoms with van der Waals surface area (Å²) in [5.74, 6) is 0. The Labute approximate surface area is 93.7 Å². The molecule has 0 atom stereocenters. The number of benzene rings is 1. The minimum atomic E-state index is -3.86. The molecule has 3 nitrogen and oxygen atoms in total. The Bertz CT molecular complexity index is 529. The molecule has 0 aliphatic rings. The molecule has 0 saturated carbocycles. The van der Waals surface area contributed by atoms with Crippen molar-refractivity contribution in [2.75, 3.05) is 0 Å². The van der Waals surface area contributed by atoms with Crippen LogP contribution >= 0.6 is 10.7 Å². The molecular formula is C10H10ClNO2S. The number of halogens is 1. The smallest absolute Gasteiger partial charge is 0.207 e. The van der Waals surface area contributed by atoms with Crippen LogP contribution in [0.5, 0.6) is 0 Å². The molecule has 0 spiro atoms. The van der Waals surface area contributed by atoms with Gasteiger partial charge in [0.15, 0.2) is 0 Å². The number of rotatable bonds is 2. The van der Waals surface area contributed by atoms with Crippen LogP contribution in [0.4, 0.5) is 0 Å². The highest BCUT2D eigenvalue weighted by atomic mass is 35.7. The summed E-state index contributed by atoms with van der Waals surface area (Å²) in [5.41, 5.74) is 1.34. The van der Waals surface area contributed by atoms with Gasteiger partial charge in [-0.25, -0.2) is 8.42 Å². The second-order valence-electron chi connectivity index (χ2n) is 3.15. The third kappa shape index (κ3) is 2.31. The van der Waals surface area contributed by atoms with Crippen molar-refractivity contribution >= 4 is 19.7 Å². The average Bonchev–Trinajstić information content (AvgIpc) is 2.15. The Balaban J connectivity index is 3.73. The maximum absolute atomic E-state index is 11.4. The van der Waals surface area contributed by atoms with Crippen LogP contribution in [-0.2, 0) is 15.5 Å². The minimum Gasteiger partial charge on any atom is -0.207 e. The molecule has 5 heteroatoms. The monoisotopic (exact) mass is 243 g/mol. The van der Waals surface area contributed by atoms with E-state index in [-0.39, 0.29) is 10.5 Å². The Kier molecular flexibility index (Phi) is 3.38. The van der Waals surface area contributed by atoms with Crippen molar-refractivity contribution in [1.29, 1.82) is 5.26 Å². The third-order valence-corrected chi connectivity index (χ3v) is 3.60. The van der Waals surface area contributed by atoms with Crippen LogP contribution in [0.15, 0.2) is 17.0 Å². The maximum Gasteiger partial charge on any atom is 0.262 e. The van der Waals surface area contributed by atoms with Gasteiger partial charge in [0.1, 0.15) is 11.0 Å². The lowest BCUT2D eigenvalue weighted by Crippen LogP contribution is -2.02. The Morgan fingerprint density at radius 2 is 2.07 bits per heavy atom. The van der Waals surface area contributed by atoms with E-state index >= 15 is 0 Å². The lowest BCUT2D eigenvalue weighted by molar-refractivity contribution is 0.608. The minimum absolute atomic E-state index is 0.0471. The van der Waals surface area contributed by atoms with Gasteiger partial charge in [-0.3, -0.25) is 0 Å². The van der Waals surface area contributed by atoms with Crippen LogP contribution in [0.25, 0.3) is 0 Å². The van der Waals surface area contributed by atoms with Crippen LogP contribution < -0.4 is 0 Å². The van der Waals surface area contributed by atoms with E-state index < -0.39 is 9.05 Å². The fourth-order valence-electron chi connectivity index (χ4n) is 1.42. The largest absolute Gasteiger partial charge is 0.262 e. The molecule has 1 rings (SSSR count). The first-order valence-corrected chi connectivity index (χ1v) is 6.70. The van der Waals surface area contributed by atoms with Crippen molar-refractivity contribution in [3.63, 3.8) is 0 Å². The number of aryl methyl sites for hydroxylation is 2. The van der Waals surface area contributed by atoms with Gasteiger partial charge in [0.2, 0.25) is 0 Å². The molecule has 0 bridgehead atoms. The molecule has 0 amide bonds. The molecule has 1 aromatic carbocycles. The SMILES string of the molecule is CCc1ccc(C)c(C#N)c1S(=O)(=O)Cl. The van der Waals surface area contributed by atoms with Crippen molar-refractivity contribution in [2.24, 2.45) is 0 Å². The molecule has 0 fully saturated rings. The third-order valence-electron chi connectivity index (χ3n) is 2.18. The van der Waals surface area contributed by atoms with Gasteiger partial charge < -0.3 is 0 Å². The summed E-state index contributed by atoms with van der Waals surface area (Å²) < 4.78 is 22.7. The van der Waals surface area contributed by atoms with E-state index in [4.69, 9.17) is 15.9 Å². The van der Waals surface area contributed by atoms with Gasteiger partial charge in [0, 0.05) is 10.7 Å². The molecule has 0 saturated heterocycles. The van der Waals surface area contributed by atoms with Gasteiger partial charge in [0.25, 0.3) is 9.05 Å². The number of hydrogen-bond acceptors (Lipinski definition) is 3. The molecule has 15 heavy (non-hydrogen) atoms. The Hall–Kier alpha value is -1.05. The van der Waals surface area contributed by atoms with Crippen LogP contribution in [0.3, 0.4) is 0 Å². The zero-order chi connectivity index (χ0) is 11.6. The van der Waals surface area contributed by atoms with Crippen molar-refractivity contribution in [3.05, 3.63) is 28.8 Å². The molecule has 1 aromatic rings. The molecule has 0 aliphatic carbocycles. The van der Waals surface area contributed by atoms with Gasteiger partial charge in [-0.1, -0.05) is 19.1 Å². The average molecular weight is 244 g/mol. The first-order chi connectivity index (χ1) is 6.91. The summed E-state index contributed by atoms with van der Waals surface area (Å²) in [7, 11) is 1.46. The summed E-state index contributed by atoms with van der Waals surface area (Å²) in [6, 6.07) is 5.29. The Morgan fingerprint density at radius 1 is 1.47 bits per heavy atom. The molecule has 0 radical (unpaired) electrons. The van der Waals surface area contributed by atoms with E-state index in [9.17, 15) is 8.42 Å². The standard InChI is InChI=1S/C10H10ClNO2S/c1-3-8-5-4-7(2)9(6-12)10(8)15(11,13)14/h4-5H,3H2,1-2H3. The summed E-state index contributed by atoms with van der Waals surface area (Å²) in [6.07, 6.45) is 0.524. The van der Waals surface area contributed by atoms with Gasteiger partial charge in [0.05, 0.1) is 5.56 Å². The molecule has 0 unspecified atom stereocenters. The predicted molar refractivity (Wildman–Crippen MR) is 58.3 cm³/mol. The molecule has 0 aromatic heterocycles. The summed E-state index contributed by atoms with van der Waals surface area (Å²) >= 11 is 0. The fraction of sp³-hybridized carbons (Fsp3) is 0.300. The van der Waals surface area contributed by atoms with E-state index in [1.807, 2.05) is 13.0 Å². The maximum atomic E-state index is 11.4. The fourth-order valence-corrected chi connectivity index (χ4v) is 2.92. The summed E-state index contributed by atoms with van der Waals surface area (Å²) in [5, 5.41) is 8.91. The van der Waals surface area contributed by atoms with Gasteiger partial charge in [-0.15, -0.1) is 0 Å². The summed E-state index contributed by atoms with van der Waals surface area (Å²) in [4.78, 5) is -0.0471. The molecule has 80 valence electrons. The normalized spacial score (nSPS) is 11.1. The molecule has 0 heterocycles. The number of nitriles is 1. The first kappa shape index (κ1) is 12.0. The second kappa shape index (κ2) is 4.21. The quantitative estimate of drug-likeness (QED) is 0.750. The topological polar surface area (TPSA) is 57.9 Å². The van der Waals surface area contributed by atoms with Crippen LogP contribution in [-0.4, -0.2) is 8.42 Å². The molecule has 0 aliphatic heterocycles. The van der Waals surface area contributed by atoms with Crippen molar-refractivity contribution in [3.8, 4) is 6.07 Å². The highest BCUT2D eigenvalue weighted by molar-refractivity contribution is 8.13. The zero-order valence-corrected chi connectivity index (χ0v) is 9.98. The lowest BCUT2D eigenvalue weighted by atomic mass is 10.0. The number of hydrogen-bond donors (Lipinski definition) is 0. The van der Waals surface area contributed by atoms with E-state index in [1.165, 1.54) is 0 Å². The highest BCUT2D eigenvalue weighted by Gasteiger charge is 2.21. The van der Waals surface area contributed by atoms with Crippen molar-refractivity contribution in [1.82, 2.24) is 0 Å². The predicted octanol–water partition coefficient (Wildman–Crippen LogP) is 2.36. The van der Waals surface area contributed by atoms with E-state index in [1.54, 1.807) is 19.1 Å². The van der Waals surface area contributed by atoms with Crippen LogP contribution in [0.1, 0.15) is 23.6 Å². The molecule has 0 N–H and O–H groups in total. The van der Waals surface area contributed by atoms with Crippen molar-refractivity contribution < 1.29 is 8.42 Å². The van der Waals surface area contributed by atoms with Gasteiger partial charge in [-0.2, -0.15) is 5.26 Å². The van der Waals surface area contributed by atoms with E-state index in [0.29, 0.717) is 17.5 Å². The van der Waals surface area contributed by atoms with Crippen LogP contribution in [0.2, 0.25) is 0 Å². The zero-order valence-electron chi connectivity index (χ0n) is 8.41. The van der Waals surface area contributed by atoms with Gasteiger partial charge >= 0.3 is 0 Å². The summed E-state index contributed by atoms with van der Waals surface area (Å²) in [6.45, 7) is 3.50. The second-order valence-corrected chi connectivity index (χ2v) is 5.65. The van der Waals surface area contributed by atoms with Gasteiger partial charge in [-0.05, 0) is 24.5 Å². The Morgan fingerprint density at radius 3 is 2.47 bits per heavy atom. The highest BCUT2D eigenvalue weighted by Crippen LogP contribution is 2.26. The molecular weight excluding hydrogens is 234 g/mol. The van der Waals surface area contributed by atoms with Crippen molar-refractivity contribution in [2.45, 2.75) is 25.2 Å². The van der Waals surface area contributed by atoms with Crippen LogP contribution in [0, 0.1) is 18.3 Å². The lowest BCUT2D eigenvalue weighted by Gasteiger charge is -2.08. The number of nitrogens with zero attached hydrogens (tertiary/aromatic N) is 1.